The third kappa shape index (κ3) is 5.01. The molecule has 0 radical (unpaired) electrons. The summed E-state index contributed by atoms with van der Waals surface area (Å²) in [5.74, 6) is 0.961. The van der Waals surface area contributed by atoms with E-state index in [1.807, 2.05) is 6.92 Å². The molecule has 1 aliphatic heterocycles. The Balaban J connectivity index is 0.00000180. The van der Waals surface area contributed by atoms with E-state index in [1.54, 1.807) is 0 Å². The van der Waals surface area contributed by atoms with Crippen molar-refractivity contribution in [3.05, 3.63) is 29.8 Å². The molecule has 0 bridgehead atoms. The maximum Gasteiger partial charge on any atom is 0.119 e. The van der Waals surface area contributed by atoms with Gasteiger partial charge < -0.3 is 10.1 Å². The van der Waals surface area contributed by atoms with E-state index < -0.39 is 0 Å². The lowest BCUT2D eigenvalue weighted by Crippen LogP contribution is -2.53. The molecule has 0 spiro atoms. The van der Waals surface area contributed by atoms with Crippen LogP contribution >= 0.6 is 12.4 Å². The molecule has 4 heteroatoms. The van der Waals surface area contributed by atoms with E-state index in [1.165, 1.54) is 5.56 Å². The first-order chi connectivity index (χ1) is 8.67. The van der Waals surface area contributed by atoms with Gasteiger partial charge in [0.05, 0.1) is 6.61 Å². The molecule has 1 aromatic rings. The average molecular weight is 285 g/mol. The standard InChI is InChI=1S/C15H24N2O.ClH/c1-4-18-15-7-5-14(6-8-15)11-17-9-12(2)16-13(3)10-17;/h5-8,12-13,16H,4,9-11H2,1-3H3;1H. The molecule has 1 saturated heterocycles. The van der Waals surface area contributed by atoms with Crippen molar-refractivity contribution >= 4 is 12.4 Å². The van der Waals surface area contributed by atoms with Gasteiger partial charge in [0.1, 0.15) is 5.75 Å². The average Bonchev–Trinajstić information content (AvgIpc) is 2.31. The smallest absolute Gasteiger partial charge is 0.119 e. The molecule has 2 rings (SSSR count). The van der Waals surface area contributed by atoms with Crippen molar-refractivity contribution in [1.82, 2.24) is 10.2 Å². The first-order valence-electron chi connectivity index (χ1n) is 6.87. The number of nitrogens with one attached hydrogen (secondary N) is 1. The van der Waals surface area contributed by atoms with E-state index in [2.05, 4.69) is 48.3 Å². The van der Waals surface area contributed by atoms with Crippen molar-refractivity contribution in [2.24, 2.45) is 0 Å². The van der Waals surface area contributed by atoms with Crippen LogP contribution in [0.15, 0.2) is 24.3 Å². The first-order valence-corrected chi connectivity index (χ1v) is 6.87. The predicted molar refractivity (Wildman–Crippen MR) is 82.2 cm³/mol. The molecule has 19 heavy (non-hydrogen) atoms. The van der Waals surface area contributed by atoms with Crippen molar-refractivity contribution < 1.29 is 4.74 Å². The highest BCUT2D eigenvalue weighted by atomic mass is 35.5. The summed E-state index contributed by atoms with van der Waals surface area (Å²) in [5, 5.41) is 3.56. The monoisotopic (exact) mass is 284 g/mol. The molecule has 0 aromatic heterocycles. The molecule has 1 N–H and O–H groups in total. The number of nitrogens with zero attached hydrogens (tertiary/aromatic N) is 1. The lowest BCUT2D eigenvalue weighted by molar-refractivity contribution is 0.166. The van der Waals surface area contributed by atoms with Gasteiger partial charge in [-0.15, -0.1) is 12.4 Å². The van der Waals surface area contributed by atoms with Gasteiger partial charge in [0.15, 0.2) is 0 Å². The summed E-state index contributed by atoms with van der Waals surface area (Å²) in [4.78, 5) is 2.52. The summed E-state index contributed by atoms with van der Waals surface area (Å²) in [7, 11) is 0. The van der Waals surface area contributed by atoms with Crippen LogP contribution < -0.4 is 10.1 Å². The second kappa shape index (κ2) is 7.73. The van der Waals surface area contributed by atoms with E-state index in [9.17, 15) is 0 Å². The van der Waals surface area contributed by atoms with E-state index in [4.69, 9.17) is 4.74 Å². The van der Waals surface area contributed by atoms with Crippen LogP contribution in [0.3, 0.4) is 0 Å². The van der Waals surface area contributed by atoms with E-state index in [0.717, 1.165) is 32.0 Å². The van der Waals surface area contributed by atoms with Gasteiger partial charge in [-0.05, 0) is 38.5 Å². The van der Waals surface area contributed by atoms with Crippen molar-refractivity contribution in [3.63, 3.8) is 0 Å². The molecule has 1 aromatic carbocycles. The molecule has 108 valence electrons. The van der Waals surface area contributed by atoms with Crippen LogP contribution in [-0.4, -0.2) is 36.7 Å². The van der Waals surface area contributed by atoms with Gasteiger partial charge in [0, 0.05) is 31.7 Å². The fourth-order valence-electron chi connectivity index (χ4n) is 2.69. The highest BCUT2D eigenvalue weighted by Crippen LogP contribution is 2.15. The largest absolute Gasteiger partial charge is 0.494 e. The Labute approximate surface area is 122 Å². The fourth-order valence-corrected chi connectivity index (χ4v) is 2.69. The van der Waals surface area contributed by atoms with Gasteiger partial charge in [-0.3, -0.25) is 4.90 Å². The minimum atomic E-state index is 0. The van der Waals surface area contributed by atoms with Gasteiger partial charge in [0.25, 0.3) is 0 Å². The van der Waals surface area contributed by atoms with Crippen LogP contribution in [0.2, 0.25) is 0 Å². The molecule has 0 amide bonds. The zero-order valence-corrected chi connectivity index (χ0v) is 12.9. The summed E-state index contributed by atoms with van der Waals surface area (Å²) in [6, 6.07) is 9.62. The Morgan fingerprint density at radius 1 is 1.16 bits per heavy atom. The zero-order chi connectivity index (χ0) is 13.0. The Morgan fingerprint density at radius 3 is 2.26 bits per heavy atom. The maximum atomic E-state index is 5.46. The second-order valence-corrected chi connectivity index (χ2v) is 5.24. The number of hydrogen-bond acceptors (Lipinski definition) is 3. The SMILES string of the molecule is CCOc1ccc(CN2CC(C)NC(C)C2)cc1.Cl. The van der Waals surface area contributed by atoms with Gasteiger partial charge in [-0.1, -0.05) is 12.1 Å². The Morgan fingerprint density at radius 2 is 1.74 bits per heavy atom. The third-order valence-corrected chi connectivity index (χ3v) is 3.27. The lowest BCUT2D eigenvalue weighted by atomic mass is 10.1. The molecule has 1 aliphatic rings. The lowest BCUT2D eigenvalue weighted by Gasteiger charge is -2.36. The van der Waals surface area contributed by atoms with E-state index >= 15 is 0 Å². The zero-order valence-electron chi connectivity index (χ0n) is 12.1. The van der Waals surface area contributed by atoms with Gasteiger partial charge in [-0.2, -0.15) is 0 Å². The summed E-state index contributed by atoms with van der Waals surface area (Å²) in [5.41, 5.74) is 1.36. The quantitative estimate of drug-likeness (QED) is 0.920. The summed E-state index contributed by atoms with van der Waals surface area (Å²) < 4.78 is 5.46. The first kappa shape index (κ1) is 16.3. The number of hydrogen-bond donors (Lipinski definition) is 1. The van der Waals surface area contributed by atoms with E-state index in [-0.39, 0.29) is 12.4 Å². The number of benzene rings is 1. The molecule has 1 fully saturated rings. The number of ether oxygens (including phenoxy) is 1. The van der Waals surface area contributed by atoms with Gasteiger partial charge >= 0.3 is 0 Å². The van der Waals surface area contributed by atoms with Gasteiger partial charge in [0.2, 0.25) is 0 Å². The minimum Gasteiger partial charge on any atom is -0.494 e. The van der Waals surface area contributed by atoms with Crippen LogP contribution in [0.25, 0.3) is 0 Å². The van der Waals surface area contributed by atoms with Crippen LogP contribution in [-0.2, 0) is 6.54 Å². The third-order valence-electron chi connectivity index (χ3n) is 3.27. The van der Waals surface area contributed by atoms with Crippen LogP contribution in [0.1, 0.15) is 26.3 Å². The van der Waals surface area contributed by atoms with Crippen molar-refractivity contribution in [2.75, 3.05) is 19.7 Å². The summed E-state index contributed by atoms with van der Waals surface area (Å²) in [6.45, 7) is 10.5. The number of halogens is 1. The highest BCUT2D eigenvalue weighted by Gasteiger charge is 2.20. The van der Waals surface area contributed by atoms with Crippen LogP contribution in [0.4, 0.5) is 0 Å². The number of piperazine rings is 1. The van der Waals surface area contributed by atoms with Gasteiger partial charge in [-0.25, -0.2) is 0 Å². The minimum absolute atomic E-state index is 0. The molecule has 0 aliphatic carbocycles. The van der Waals surface area contributed by atoms with Crippen molar-refractivity contribution in [1.29, 1.82) is 0 Å². The predicted octanol–water partition coefficient (Wildman–Crippen LogP) is 2.69. The molecule has 0 saturated carbocycles. The van der Waals surface area contributed by atoms with Crippen molar-refractivity contribution in [2.45, 2.75) is 39.4 Å². The molecule has 2 unspecified atom stereocenters. The Bertz CT molecular complexity index is 359. The van der Waals surface area contributed by atoms with Crippen LogP contribution in [0.5, 0.6) is 5.75 Å². The molecular weight excluding hydrogens is 260 g/mol. The van der Waals surface area contributed by atoms with E-state index in [0.29, 0.717) is 12.1 Å². The Hall–Kier alpha value is -0.770. The number of rotatable bonds is 4. The van der Waals surface area contributed by atoms with Crippen molar-refractivity contribution in [3.8, 4) is 5.75 Å². The maximum absolute atomic E-state index is 5.46. The molecule has 3 nitrogen and oxygen atoms in total. The summed E-state index contributed by atoms with van der Waals surface area (Å²) >= 11 is 0. The highest BCUT2D eigenvalue weighted by molar-refractivity contribution is 5.85. The fraction of sp³-hybridized carbons (Fsp3) is 0.600. The summed E-state index contributed by atoms with van der Waals surface area (Å²) in [6.07, 6.45) is 0. The topological polar surface area (TPSA) is 24.5 Å². The second-order valence-electron chi connectivity index (χ2n) is 5.24. The molecule has 1 heterocycles. The van der Waals surface area contributed by atoms with Crippen LogP contribution in [0, 0.1) is 0 Å². The Kier molecular flexibility index (Phi) is 6.63. The normalized spacial score (nSPS) is 23.7. The molecule has 2 atom stereocenters. The molecular formula is C15H25ClN2O.